The summed E-state index contributed by atoms with van der Waals surface area (Å²) in [4.78, 5) is 27.1. The Kier molecular flexibility index (Phi) is 5.66. The van der Waals surface area contributed by atoms with Gasteiger partial charge in [0.1, 0.15) is 4.88 Å². The van der Waals surface area contributed by atoms with Crippen molar-refractivity contribution in [3.05, 3.63) is 103 Å². The topological polar surface area (TPSA) is 63.5 Å². The van der Waals surface area contributed by atoms with Gasteiger partial charge in [0.25, 0.3) is 11.6 Å². The molecule has 1 aromatic heterocycles. The Morgan fingerprint density at radius 2 is 1.71 bits per heavy atom. The minimum atomic E-state index is -0.550. The lowest BCUT2D eigenvalue weighted by Gasteiger charge is -2.51. The number of carbonyl (C=O) groups is 1. The van der Waals surface area contributed by atoms with Gasteiger partial charge in [-0.3, -0.25) is 14.9 Å². The fourth-order valence-electron chi connectivity index (χ4n) is 5.37. The van der Waals surface area contributed by atoms with Crippen LogP contribution in [0.3, 0.4) is 0 Å². The first-order chi connectivity index (χ1) is 16.5. The summed E-state index contributed by atoms with van der Waals surface area (Å²) in [5.74, 6) is -0.213. The number of non-ortho nitro benzene ring substituents is 1. The molecule has 1 atom stereocenters. The summed E-state index contributed by atoms with van der Waals surface area (Å²) < 4.78 is 0.613. The largest absolute Gasteiger partial charge is 0.302 e. The van der Waals surface area contributed by atoms with Crippen molar-refractivity contribution in [2.45, 2.75) is 38.1 Å². The maximum absolute atomic E-state index is 14.1. The van der Waals surface area contributed by atoms with Crippen molar-refractivity contribution in [3.63, 3.8) is 0 Å². The number of amides is 1. The lowest BCUT2D eigenvalue weighted by molar-refractivity contribution is -0.384. The summed E-state index contributed by atoms with van der Waals surface area (Å²) in [5, 5.41) is 12.9. The van der Waals surface area contributed by atoms with E-state index in [1.165, 1.54) is 23.5 Å². The van der Waals surface area contributed by atoms with Gasteiger partial charge in [-0.25, -0.2) is 0 Å². The third-order valence-corrected chi connectivity index (χ3v) is 8.73. The summed E-state index contributed by atoms with van der Waals surface area (Å²) >= 11 is 14.0. The Morgan fingerprint density at radius 1 is 1.03 bits per heavy atom. The number of halogens is 2. The second kappa shape index (κ2) is 8.33. The molecule has 0 fully saturated rings. The van der Waals surface area contributed by atoms with Crippen molar-refractivity contribution in [2.75, 3.05) is 4.90 Å². The Balaban J connectivity index is 1.66. The van der Waals surface area contributed by atoms with Crippen LogP contribution in [0.1, 0.15) is 48.0 Å². The second-order valence-corrected chi connectivity index (χ2v) is 11.5. The molecule has 0 saturated carbocycles. The summed E-state index contributed by atoms with van der Waals surface area (Å²) in [5.41, 5.74) is 2.07. The fraction of sp³-hybridized carbons (Fsp3) is 0.222. The number of thiophene rings is 1. The molecule has 8 heteroatoms. The smallest absolute Gasteiger partial charge is 0.270 e. The zero-order valence-electron chi connectivity index (χ0n) is 19.3. The average Bonchev–Trinajstić information content (AvgIpc) is 3.14. The number of carbonyl (C=O) groups excluding carboxylic acids is 1. The third kappa shape index (κ3) is 3.80. The molecule has 5 rings (SSSR count). The first-order valence-electron chi connectivity index (χ1n) is 11.1. The highest BCUT2D eigenvalue weighted by Crippen LogP contribution is 2.51. The summed E-state index contributed by atoms with van der Waals surface area (Å²) in [6.07, 6.45) is 0.679. The predicted octanol–water partition coefficient (Wildman–Crippen LogP) is 8.25. The van der Waals surface area contributed by atoms with Gasteiger partial charge in [-0.05, 0) is 55.7 Å². The molecule has 35 heavy (non-hydrogen) atoms. The van der Waals surface area contributed by atoms with E-state index in [2.05, 4.69) is 26.8 Å². The normalized spacial score (nSPS) is 18.9. The number of para-hydroxylation sites is 1. The summed E-state index contributed by atoms with van der Waals surface area (Å²) in [6, 6.07) is 20.3. The molecule has 0 aliphatic carbocycles. The molecule has 4 aromatic rings. The molecule has 0 saturated heterocycles. The van der Waals surface area contributed by atoms with Crippen LogP contribution in [0.2, 0.25) is 10.0 Å². The van der Waals surface area contributed by atoms with E-state index in [0.717, 1.165) is 16.8 Å². The first kappa shape index (κ1) is 23.8. The van der Waals surface area contributed by atoms with Crippen LogP contribution in [0.4, 0.5) is 11.4 Å². The van der Waals surface area contributed by atoms with Crippen LogP contribution < -0.4 is 4.90 Å². The van der Waals surface area contributed by atoms with Gasteiger partial charge >= 0.3 is 0 Å². The van der Waals surface area contributed by atoms with Gasteiger partial charge in [-0.15, -0.1) is 11.3 Å². The molecule has 178 valence electrons. The Labute approximate surface area is 217 Å². The molecule has 1 aliphatic rings. The number of fused-ring (bicyclic) bond motifs is 2. The van der Waals surface area contributed by atoms with E-state index >= 15 is 0 Å². The molecule has 0 spiro atoms. The second-order valence-electron chi connectivity index (χ2n) is 9.67. The third-order valence-electron chi connectivity index (χ3n) is 6.83. The molecular formula is C27H22Cl2N2O3S. The van der Waals surface area contributed by atoms with Gasteiger partial charge in [0.15, 0.2) is 0 Å². The minimum absolute atomic E-state index is 0.0307. The van der Waals surface area contributed by atoms with E-state index in [4.69, 9.17) is 23.2 Å². The van der Waals surface area contributed by atoms with Crippen molar-refractivity contribution < 1.29 is 9.72 Å². The van der Waals surface area contributed by atoms with E-state index in [9.17, 15) is 14.9 Å². The highest BCUT2D eigenvalue weighted by atomic mass is 35.5. The SMILES string of the molecule is CC1(c2ccc(Cl)cc2)CC(C)(C)N(C(=O)c2sc3cc([N+](=O)[O-])ccc3c2Cl)c2ccccc21. The van der Waals surface area contributed by atoms with Crippen LogP contribution in [-0.4, -0.2) is 16.4 Å². The average molecular weight is 525 g/mol. The summed E-state index contributed by atoms with van der Waals surface area (Å²) in [7, 11) is 0. The molecule has 0 N–H and O–H groups in total. The molecule has 0 bridgehead atoms. The van der Waals surface area contributed by atoms with Crippen LogP contribution in [0.25, 0.3) is 10.1 Å². The molecule has 5 nitrogen and oxygen atoms in total. The molecule has 1 amide bonds. The zero-order valence-corrected chi connectivity index (χ0v) is 21.7. The van der Waals surface area contributed by atoms with Crippen LogP contribution in [-0.2, 0) is 5.41 Å². The van der Waals surface area contributed by atoms with Crippen LogP contribution in [0.5, 0.6) is 0 Å². The Hall–Kier alpha value is -2.93. The van der Waals surface area contributed by atoms with Gasteiger partial charge in [0.2, 0.25) is 0 Å². The van der Waals surface area contributed by atoms with Gasteiger partial charge in [0, 0.05) is 43.9 Å². The molecule has 3 aromatic carbocycles. The molecule has 1 unspecified atom stereocenters. The molecular weight excluding hydrogens is 503 g/mol. The van der Waals surface area contributed by atoms with Gasteiger partial charge in [-0.1, -0.05) is 60.5 Å². The van der Waals surface area contributed by atoms with E-state index in [0.29, 0.717) is 31.4 Å². The van der Waals surface area contributed by atoms with Crippen molar-refractivity contribution in [3.8, 4) is 0 Å². The van der Waals surface area contributed by atoms with Crippen LogP contribution >= 0.6 is 34.5 Å². The number of nitrogens with zero attached hydrogens (tertiary/aromatic N) is 2. The number of benzene rings is 3. The zero-order chi connectivity index (χ0) is 25.1. The standard InChI is InChI=1S/C27H22Cl2N2O3S/c1-26(2)15-27(3,16-8-10-17(28)11-9-16)20-6-4-5-7-21(20)30(26)25(32)24-23(29)19-13-12-18(31(33)34)14-22(19)35-24/h4-14H,15H2,1-3H3. The van der Waals surface area contributed by atoms with E-state index in [1.54, 1.807) is 6.07 Å². The maximum atomic E-state index is 14.1. The number of anilines is 1. The quantitative estimate of drug-likeness (QED) is 0.200. The minimum Gasteiger partial charge on any atom is -0.302 e. The molecule has 2 heterocycles. The van der Waals surface area contributed by atoms with Gasteiger partial charge < -0.3 is 4.90 Å². The van der Waals surface area contributed by atoms with E-state index in [-0.39, 0.29) is 17.0 Å². The first-order valence-corrected chi connectivity index (χ1v) is 12.7. The molecule has 0 radical (unpaired) electrons. The van der Waals surface area contributed by atoms with Crippen LogP contribution in [0, 0.1) is 10.1 Å². The van der Waals surface area contributed by atoms with Crippen LogP contribution in [0.15, 0.2) is 66.7 Å². The van der Waals surface area contributed by atoms with Crippen molar-refractivity contribution in [2.24, 2.45) is 0 Å². The molecule has 1 aliphatic heterocycles. The Bertz CT molecular complexity index is 1500. The van der Waals surface area contributed by atoms with Gasteiger partial charge in [-0.2, -0.15) is 0 Å². The Morgan fingerprint density at radius 3 is 2.40 bits per heavy atom. The van der Waals surface area contributed by atoms with E-state index < -0.39 is 10.5 Å². The lowest BCUT2D eigenvalue weighted by Crippen LogP contribution is -2.55. The number of rotatable bonds is 3. The number of hydrogen-bond donors (Lipinski definition) is 0. The number of nitro benzene ring substituents is 1. The van der Waals surface area contributed by atoms with E-state index in [1.807, 2.05) is 47.4 Å². The highest BCUT2D eigenvalue weighted by Gasteiger charge is 2.48. The maximum Gasteiger partial charge on any atom is 0.270 e. The predicted molar refractivity (Wildman–Crippen MR) is 143 cm³/mol. The van der Waals surface area contributed by atoms with Crippen molar-refractivity contribution >= 4 is 61.9 Å². The summed E-state index contributed by atoms with van der Waals surface area (Å²) in [6.45, 7) is 6.31. The highest BCUT2D eigenvalue weighted by molar-refractivity contribution is 7.21. The number of nitro groups is 1. The van der Waals surface area contributed by atoms with Gasteiger partial charge in [0.05, 0.1) is 9.95 Å². The van der Waals surface area contributed by atoms with Crippen molar-refractivity contribution in [1.82, 2.24) is 0 Å². The number of hydrogen-bond acceptors (Lipinski definition) is 4. The van der Waals surface area contributed by atoms with Crippen molar-refractivity contribution in [1.29, 1.82) is 0 Å². The fourth-order valence-corrected chi connectivity index (χ4v) is 6.97. The lowest BCUT2D eigenvalue weighted by atomic mass is 9.65. The monoisotopic (exact) mass is 524 g/mol.